The van der Waals surface area contributed by atoms with E-state index in [1.807, 2.05) is 6.92 Å². The molecule has 1 amide bonds. The molecule has 0 bridgehead atoms. The number of nitrogens with two attached hydrogens (primary N) is 1. The van der Waals surface area contributed by atoms with Crippen LogP contribution in [-0.2, 0) is 4.79 Å². The Morgan fingerprint density at radius 2 is 2.17 bits per heavy atom. The van der Waals surface area contributed by atoms with Crippen LogP contribution >= 0.6 is 24.8 Å². The van der Waals surface area contributed by atoms with Crippen LogP contribution in [0, 0.1) is 0 Å². The van der Waals surface area contributed by atoms with Gasteiger partial charge in [-0.05, 0) is 45.7 Å². The summed E-state index contributed by atoms with van der Waals surface area (Å²) >= 11 is 0. The summed E-state index contributed by atoms with van der Waals surface area (Å²) in [7, 11) is 0. The molecule has 18 heavy (non-hydrogen) atoms. The van der Waals surface area contributed by atoms with E-state index < -0.39 is 0 Å². The Morgan fingerprint density at radius 3 is 2.72 bits per heavy atom. The first-order valence-corrected chi connectivity index (χ1v) is 6.42. The fraction of sp³-hybridized carbons (Fsp3) is 0.917. The molecule has 1 fully saturated rings. The van der Waals surface area contributed by atoms with Crippen molar-refractivity contribution in [3.05, 3.63) is 0 Å². The van der Waals surface area contributed by atoms with Gasteiger partial charge in [0.1, 0.15) is 0 Å². The van der Waals surface area contributed by atoms with E-state index in [4.69, 9.17) is 5.73 Å². The molecule has 0 spiro atoms. The monoisotopic (exact) mass is 299 g/mol. The van der Waals surface area contributed by atoms with E-state index in [1.54, 1.807) is 0 Å². The lowest BCUT2D eigenvalue weighted by Gasteiger charge is -2.23. The zero-order valence-electron chi connectivity index (χ0n) is 11.4. The molecule has 0 saturated carbocycles. The molecule has 0 aliphatic carbocycles. The molecule has 6 heteroatoms. The van der Waals surface area contributed by atoms with Crippen LogP contribution in [0.1, 0.15) is 39.5 Å². The molecule has 1 rings (SSSR count). The predicted octanol–water partition coefficient (Wildman–Crippen LogP) is 1.56. The van der Waals surface area contributed by atoms with E-state index in [0.717, 1.165) is 38.8 Å². The van der Waals surface area contributed by atoms with Crippen LogP contribution in [0.15, 0.2) is 0 Å². The van der Waals surface area contributed by atoms with Crippen molar-refractivity contribution in [3.63, 3.8) is 0 Å². The molecule has 0 radical (unpaired) electrons. The van der Waals surface area contributed by atoms with Crippen molar-refractivity contribution >= 4 is 30.7 Å². The third-order valence-corrected chi connectivity index (χ3v) is 3.08. The number of halogens is 2. The molecule has 2 atom stereocenters. The Morgan fingerprint density at radius 1 is 1.50 bits per heavy atom. The second-order valence-corrected chi connectivity index (χ2v) is 4.75. The summed E-state index contributed by atoms with van der Waals surface area (Å²) in [5.74, 6) is 0.187. The van der Waals surface area contributed by atoms with Crippen LogP contribution in [0.2, 0.25) is 0 Å². The zero-order valence-corrected chi connectivity index (χ0v) is 13.0. The summed E-state index contributed by atoms with van der Waals surface area (Å²) in [6, 6.07) is 0.267. The van der Waals surface area contributed by atoms with Crippen molar-refractivity contribution in [2.24, 2.45) is 5.73 Å². The normalized spacial score (nSPS) is 20.7. The average molecular weight is 300 g/mol. The summed E-state index contributed by atoms with van der Waals surface area (Å²) in [6.07, 6.45) is 4.12. The van der Waals surface area contributed by atoms with E-state index in [9.17, 15) is 4.79 Å². The molecule has 4 nitrogen and oxygen atoms in total. The Labute approximate surface area is 123 Å². The SMILES string of the molecule is CCCN1CCCC1C(=O)NCCC(C)N.Cl.Cl. The number of carbonyl (C=O) groups excluding carboxylic acids is 1. The number of nitrogens with zero attached hydrogens (tertiary/aromatic N) is 1. The maximum atomic E-state index is 11.9. The van der Waals surface area contributed by atoms with Gasteiger partial charge in [0.2, 0.25) is 5.91 Å². The second-order valence-electron chi connectivity index (χ2n) is 4.75. The summed E-state index contributed by atoms with van der Waals surface area (Å²) in [6.45, 7) is 6.92. The maximum Gasteiger partial charge on any atom is 0.237 e. The molecule has 1 aliphatic rings. The highest BCUT2D eigenvalue weighted by Gasteiger charge is 2.29. The third kappa shape index (κ3) is 6.78. The van der Waals surface area contributed by atoms with Crippen molar-refractivity contribution in [2.75, 3.05) is 19.6 Å². The van der Waals surface area contributed by atoms with Crippen molar-refractivity contribution in [2.45, 2.75) is 51.6 Å². The molecule has 0 aromatic rings. The first kappa shape index (κ1) is 20.3. The molecule has 1 saturated heterocycles. The quantitative estimate of drug-likeness (QED) is 0.782. The first-order chi connectivity index (χ1) is 7.65. The maximum absolute atomic E-state index is 11.9. The minimum absolute atomic E-state index is 0. The van der Waals surface area contributed by atoms with E-state index in [1.165, 1.54) is 0 Å². The predicted molar refractivity (Wildman–Crippen MR) is 80.7 cm³/mol. The van der Waals surface area contributed by atoms with E-state index in [2.05, 4.69) is 17.1 Å². The van der Waals surface area contributed by atoms with Crippen LogP contribution in [0.3, 0.4) is 0 Å². The van der Waals surface area contributed by atoms with Crippen molar-refractivity contribution in [1.29, 1.82) is 0 Å². The van der Waals surface area contributed by atoms with Gasteiger partial charge in [-0.2, -0.15) is 0 Å². The van der Waals surface area contributed by atoms with E-state index in [-0.39, 0.29) is 42.8 Å². The highest BCUT2D eigenvalue weighted by molar-refractivity contribution is 5.85. The van der Waals surface area contributed by atoms with Gasteiger partial charge in [-0.3, -0.25) is 9.69 Å². The third-order valence-electron chi connectivity index (χ3n) is 3.08. The Kier molecular flexibility index (Phi) is 12.2. The summed E-state index contributed by atoms with van der Waals surface area (Å²) < 4.78 is 0. The lowest BCUT2D eigenvalue weighted by Crippen LogP contribution is -2.44. The fourth-order valence-electron chi connectivity index (χ4n) is 2.22. The summed E-state index contributed by atoms with van der Waals surface area (Å²) in [5, 5.41) is 2.98. The molecular weight excluding hydrogens is 273 g/mol. The first-order valence-electron chi connectivity index (χ1n) is 6.42. The van der Waals surface area contributed by atoms with Crippen LogP contribution < -0.4 is 11.1 Å². The molecule has 1 aliphatic heterocycles. The number of rotatable bonds is 6. The number of nitrogens with one attached hydrogen (secondary N) is 1. The highest BCUT2D eigenvalue weighted by atomic mass is 35.5. The molecule has 3 N–H and O–H groups in total. The van der Waals surface area contributed by atoms with E-state index >= 15 is 0 Å². The second kappa shape index (κ2) is 10.9. The van der Waals surface area contributed by atoms with Gasteiger partial charge in [-0.25, -0.2) is 0 Å². The van der Waals surface area contributed by atoms with Gasteiger partial charge in [-0.15, -0.1) is 24.8 Å². The van der Waals surface area contributed by atoms with Crippen molar-refractivity contribution < 1.29 is 4.79 Å². The van der Waals surface area contributed by atoms with Crippen molar-refractivity contribution in [3.8, 4) is 0 Å². The number of likely N-dealkylation sites (tertiary alicyclic amines) is 1. The largest absolute Gasteiger partial charge is 0.355 e. The van der Waals surface area contributed by atoms with Gasteiger partial charge in [0, 0.05) is 12.6 Å². The topological polar surface area (TPSA) is 58.4 Å². The highest BCUT2D eigenvalue weighted by Crippen LogP contribution is 2.17. The lowest BCUT2D eigenvalue weighted by molar-refractivity contribution is -0.125. The van der Waals surface area contributed by atoms with E-state index in [0.29, 0.717) is 6.54 Å². The molecule has 1 heterocycles. The Balaban J connectivity index is 0. The van der Waals surface area contributed by atoms with Crippen LogP contribution in [-0.4, -0.2) is 42.5 Å². The van der Waals surface area contributed by atoms with Gasteiger partial charge in [-0.1, -0.05) is 6.92 Å². The molecular formula is C12H27Cl2N3O. The number of hydrogen-bond donors (Lipinski definition) is 2. The molecule has 0 aromatic heterocycles. The Bertz CT molecular complexity index is 227. The minimum atomic E-state index is 0. The van der Waals surface area contributed by atoms with Crippen LogP contribution in [0.4, 0.5) is 0 Å². The van der Waals surface area contributed by atoms with Gasteiger partial charge in [0.25, 0.3) is 0 Å². The molecule has 2 unspecified atom stereocenters. The van der Waals surface area contributed by atoms with Crippen LogP contribution in [0.25, 0.3) is 0 Å². The minimum Gasteiger partial charge on any atom is -0.355 e. The fourth-order valence-corrected chi connectivity index (χ4v) is 2.22. The average Bonchev–Trinajstić information content (AvgIpc) is 2.66. The summed E-state index contributed by atoms with van der Waals surface area (Å²) in [4.78, 5) is 14.2. The lowest BCUT2D eigenvalue weighted by atomic mass is 10.2. The van der Waals surface area contributed by atoms with Crippen LogP contribution in [0.5, 0.6) is 0 Å². The van der Waals surface area contributed by atoms with Gasteiger partial charge in [0.15, 0.2) is 0 Å². The zero-order chi connectivity index (χ0) is 12.0. The summed E-state index contributed by atoms with van der Waals surface area (Å²) in [5.41, 5.74) is 5.65. The van der Waals surface area contributed by atoms with Gasteiger partial charge >= 0.3 is 0 Å². The smallest absolute Gasteiger partial charge is 0.237 e. The van der Waals surface area contributed by atoms with Crippen molar-refractivity contribution in [1.82, 2.24) is 10.2 Å². The van der Waals surface area contributed by atoms with Gasteiger partial charge in [0.05, 0.1) is 6.04 Å². The standard InChI is InChI=1S/C12H25N3O.2ClH/c1-3-8-15-9-4-5-11(15)12(16)14-7-6-10(2)13;;/h10-11H,3-9,13H2,1-2H3,(H,14,16);2*1H. The number of hydrogen-bond acceptors (Lipinski definition) is 3. The molecule has 110 valence electrons. The number of carbonyl (C=O) groups is 1. The molecule has 0 aromatic carbocycles. The van der Waals surface area contributed by atoms with Gasteiger partial charge < -0.3 is 11.1 Å². The number of amides is 1. The Hall–Kier alpha value is -0.0300.